The quantitative estimate of drug-likeness (QED) is 0.492. The standard InChI is InChI=1S/C7H16N2O4S/c1-14(12,13)7(9,6(10)11)4-2-3-5-8/h2-5,8-9H2,1H3,(H,10,11)/t7-/m1/s1. The van der Waals surface area contributed by atoms with E-state index >= 15 is 0 Å². The number of hydrogen-bond acceptors (Lipinski definition) is 5. The second-order valence-corrected chi connectivity index (χ2v) is 5.49. The van der Waals surface area contributed by atoms with Crippen LogP contribution in [0.3, 0.4) is 0 Å². The molecule has 5 N–H and O–H groups in total. The van der Waals surface area contributed by atoms with Gasteiger partial charge in [0.05, 0.1) is 0 Å². The molecule has 6 nitrogen and oxygen atoms in total. The lowest BCUT2D eigenvalue weighted by Gasteiger charge is -2.22. The van der Waals surface area contributed by atoms with E-state index in [1.807, 2.05) is 0 Å². The first kappa shape index (κ1) is 13.3. The molecule has 0 aliphatic carbocycles. The summed E-state index contributed by atoms with van der Waals surface area (Å²) in [5, 5.41) is 8.73. The normalized spacial score (nSPS) is 16.2. The van der Waals surface area contributed by atoms with Crippen LogP contribution in [0.5, 0.6) is 0 Å². The van der Waals surface area contributed by atoms with Gasteiger partial charge in [0.15, 0.2) is 9.84 Å². The zero-order valence-electron chi connectivity index (χ0n) is 8.06. The monoisotopic (exact) mass is 224 g/mol. The summed E-state index contributed by atoms with van der Waals surface area (Å²) in [5.74, 6) is -1.52. The summed E-state index contributed by atoms with van der Waals surface area (Å²) in [7, 11) is -3.81. The van der Waals surface area contributed by atoms with Crippen LogP contribution in [0.4, 0.5) is 0 Å². The molecule has 14 heavy (non-hydrogen) atoms. The molecule has 0 unspecified atom stereocenters. The minimum Gasteiger partial charge on any atom is -0.479 e. The summed E-state index contributed by atoms with van der Waals surface area (Å²) >= 11 is 0. The first-order valence-corrected chi connectivity index (χ1v) is 6.07. The fourth-order valence-corrected chi connectivity index (χ4v) is 1.82. The molecular weight excluding hydrogens is 208 g/mol. The van der Waals surface area contributed by atoms with Crippen LogP contribution in [0.15, 0.2) is 0 Å². The van der Waals surface area contributed by atoms with Crippen LogP contribution >= 0.6 is 0 Å². The molecule has 7 heteroatoms. The van der Waals surface area contributed by atoms with Crippen molar-refractivity contribution in [2.75, 3.05) is 12.8 Å². The van der Waals surface area contributed by atoms with Gasteiger partial charge in [-0.2, -0.15) is 0 Å². The van der Waals surface area contributed by atoms with E-state index in [4.69, 9.17) is 16.6 Å². The highest BCUT2D eigenvalue weighted by atomic mass is 32.2. The molecule has 0 saturated carbocycles. The number of nitrogens with two attached hydrogens (primary N) is 2. The average Bonchev–Trinajstić information content (AvgIpc) is 2.02. The maximum absolute atomic E-state index is 11.2. The molecule has 0 aliphatic rings. The number of rotatable bonds is 6. The summed E-state index contributed by atoms with van der Waals surface area (Å²) in [4.78, 5) is 8.55. The van der Waals surface area contributed by atoms with Gasteiger partial charge in [-0.3, -0.25) is 0 Å². The molecule has 0 aromatic carbocycles. The number of unbranched alkanes of at least 4 members (excludes halogenated alkanes) is 1. The van der Waals surface area contributed by atoms with Gasteiger partial charge in [-0.1, -0.05) is 0 Å². The Kier molecular flexibility index (Phi) is 4.50. The minimum absolute atomic E-state index is 0.113. The Labute approximate surface area is 83.2 Å². The molecular formula is C7H16N2O4S. The molecule has 0 spiro atoms. The number of carbonyl (C=O) groups is 1. The number of carboxylic acids is 1. The predicted octanol–water partition coefficient (Wildman–Crippen LogP) is -1.10. The molecule has 0 heterocycles. The smallest absolute Gasteiger partial charge is 0.339 e. The minimum atomic E-state index is -3.81. The SMILES string of the molecule is CS(=O)(=O)[C@](N)(CCCCN)C(=O)O. The van der Waals surface area contributed by atoms with Crippen LogP contribution in [0.1, 0.15) is 19.3 Å². The molecule has 84 valence electrons. The van der Waals surface area contributed by atoms with Crippen molar-refractivity contribution in [2.45, 2.75) is 24.1 Å². The number of aliphatic carboxylic acids is 1. The highest BCUT2D eigenvalue weighted by molar-refractivity contribution is 7.92. The lowest BCUT2D eigenvalue weighted by atomic mass is 10.1. The van der Waals surface area contributed by atoms with Crippen molar-refractivity contribution >= 4 is 15.8 Å². The van der Waals surface area contributed by atoms with Crippen molar-refractivity contribution in [3.63, 3.8) is 0 Å². The van der Waals surface area contributed by atoms with Crippen LogP contribution in [-0.2, 0) is 14.6 Å². The Bertz CT molecular complexity index is 301. The van der Waals surface area contributed by atoms with E-state index in [-0.39, 0.29) is 6.42 Å². The maximum Gasteiger partial charge on any atom is 0.339 e. The van der Waals surface area contributed by atoms with Crippen molar-refractivity contribution in [3.05, 3.63) is 0 Å². The lowest BCUT2D eigenvalue weighted by Crippen LogP contribution is -2.54. The molecule has 0 amide bonds. The van der Waals surface area contributed by atoms with Crippen LogP contribution in [-0.4, -0.2) is 37.2 Å². The van der Waals surface area contributed by atoms with Gasteiger partial charge in [-0.25, -0.2) is 13.2 Å². The Morgan fingerprint density at radius 1 is 1.43 bits per heavy atom. The summed E-state index contributed by atoms with van der Waals surface area (Å²) in [5.41, 5.74) is 10.5. The third-order valence-electron chi connectivity index (χ3n) is 2.03. The van der Waals surface area contributed by atoms with E-state index in [0.717, 1.165) is 6.26 Å². The lowest BCUT2D eigenvalue weighted by molar-refractivity contribution is -0.140. The Balaban J connectivity index is 4.68. The Morgan fingerprint density at radius 2 is 1.93 bits per heavy atom. The number of carboxylic acid groups (broad SMARTS) is 1. The molecule has 1 atom stereocenters. The first-order valence-electron chi connectivity index (χ1n) is 4.17. The highest BCUT2D eigenvalue weighted by Crippen LogP contribution is 2.17. The van der Waals surface area contributed by atoms with E-state index in [2.05, 4.69) is 0 Å². The summed E-state index contributed by atoms with van der Waals surface area (Å²) < 4.78 is 22.3. The molecule has 0 aliphatic heterocycles. The van der Waals surface area contributed by atoms with E-state index in [1.54, 1.807) is 0 Å². The average molecular weight is 224 g/mol. The van der Waals surface area contributed by atoms with Gasteiger partial charge in [0.25, 0.3) is 0 Å². The zero-order chi connectivity index (χ0) is 11.4. The summed E-state index contributed by atoms with van der Waals surface area (Å²) in [6, 6.07) is 0. The first-order chi connectivity index (χ1) is 6.25. The Hall–Kier alpha value is -0.660. The van der Waals surface area contributed by atoms with E-state index in [9.17, 15) is 13.2 Å². The van der Waals surface area contributed by atoms with E-state index < -0.39 is 20.7 Å². The third kappa shape index (κ3) is 2.93. The predicted molar refractivity (Wildman–Crippen MR) is 52.3 cm³/mol. The van der Waals surface area contributed by atoms with Gasteiger partial charge in [-0.15, -0.1) is 0 Å². The van der Waals surface area contributed by atoms with Crippen molar-refractivity contribution in [2.24, 2.45) is 11.5 Å². The molecule has 0 bridgehead atoms. The second-order valence-electron chi connectivity index (χ2n) is 3.21. The molecule has 0 fully saturated rings. The Morgan fingerprint density at radius 3 is 2.21 bits per heavy atom. The second kappa shape index (κ2) is 4.72. The molecule has 0 saturated heterocycles. The van der Waals surface area contributed by atoms with Gasteiger partial charge < -0.3 is 16.6 Å². The summed E-state index contributed by atoms with van der Waals surface area (Å²) in [6.45, 7) is 0.388. The van der Waals surface area contributed by atoms with Crippen molar-refractivity contribution in [3.8, 4) is 0 Å². The molecule has 0 aromatic rings. The topological polar surface area (TPSA) is 123 Å². The fourth-order valence-electron chi connectivity index (χ4n) is 0.983. The fraction of sp³-hybridized carbons (Fsp3) is 0.857. The molecule has 0 aromatic heterocycles. The molecule has 0 radical (unpaired) electrons. The van der Waals surface area contributed by atoms with Gasteiger partial charge in [0.2, 0.25) is 4.87 Å². The highest BCUT2D eigenvalue weighted by Gasteiger charge is 2.43. The maximum atomic E-state index is 11.2. The van der Waals surface area contributed by atoms with E-state index in [1.165, 1.54) is 0 Å². The van der Waals surface area contributed by atoms with Gasteiger partial charge in [0, 0.05) is 6.26 Å². The zero-order valence-corrected chi connectivity index (χ0v) is 8.88. The van der Waals surface area contributed by atoms with Crippen LogP contribution in [0, 0.1) is 0 Å². The number of sulfone groups is 1. The van der Waals surface area contributed by atoms with Gasteiger partial charge in [0.1, 0.15) is 0 Å². The van der Waals surface area contributed by atoms with E-state index in [0.29, 0.717) is 19.4 Å². The largest absolute Gasteiger partial charge is 0.479 e. The van der Waals surface area contributed by atoms with Gasteiger partial charge >= 0.3 is 5.97 Å². The molecule has 0 rings (SSSR count). The third-order valence-corrected chi connectivity index (χ3v) is 3.73. The van der Waals surface area contributed by atoms with Crippen molar-refractivity contribution < 1.29 is 18.3 Å². The number of hydrogen-bond donors (Lipinski definition) is 3. The summed E-state index contributed by atoms with van der Waals surface area (Å²) in [6.07, 6.45) is 1.65. The van der Waals surface area contributed by atoms with Crippen LogP contribution in [0.2, 0.25) is 0 Å². The van der Waals surface area contributed by atoms with Crippen molar-refractivity contribution in [1.29, 1.82) is 0 Å². The van der Waals surface area contributed by atoms with Crippen molar-refractivity contribution in [1.82, 2.24) is 0 Å². The van der Waals surface area contributed by atoms with Crippen LogP contribution in [0.25, 0.3) is 0 Å². The van der Waals surface area contributed by atoms with Crippen LogP contribution < -0.4 is 11.5 Å². The van der Waals surface area contributed by atoms with Gasteiger partial charge in [-0.05, 0) is 25.8 Å².